The fraction of sp³-hybridized carbons (Fsp3) is 0.750. The molecule has 0 aromatic carbocycles. The number of allylic oxidation sites excluding steroid dienone is 1. The summed E-state index contributed by atoms with van der Waals surface area (Å²) in [5, 5.41) is 2.67. The second-order valence-electron chi connectivity index (χ2n) is 8.88. The molecule has 0 aromatic rings. The largest absolute Gasteiger partial charge is 0.458 e. The van der Waals surface area contributed by atoms with Crippen molar-refractivity contribution in [2.24, 2.45) is 5.41 Å². The second kappa shape index (κ2) is 9.74. The van der Waals surface area contributed by atoms with Crippen molar-refractivity contribution in [3.8, 4) is 0 Å². The van der Waals surface area contributed by atoms with E-state index in [0.29, 0.717) is 12.8 Å². The van der Waals surface area contributed by atoms with Gasteiger partial charge in [-0.3, -0.25) is 9.59 Å². The van der Waals surface area contributed by atoms with Crippen molar-refractivity contribution >= 4 is 17.8 Å². The smallest absolute Gasteiger partial charge is 0.329 e. The molecule has 0 fully saturated rings. The molecular weight excluding hydrogens is 332 g/mol. The number of carbonyl (C=O) groups is 3. The number of nitrogens with zero attached hydrogens (tertiary/aromatic N) is 1. The fourth-order valence-corrected chi connectivity index (χ4v) is 2.40. The van der Waals surface area contributed by atoms with Crippen LogP contribution in [-0.4, -0.2) is 47.4 Å². The topological polar surface area (TPSA) is 75.7 Å². The van der Waals surface area contributed by atoms with Crippen LogP contribution in [0.4, 0.5) is 0 Å². The molecule has 0 aliphatic carbocycles. The van der Waals surface area contributed by atoms with Gasteiger partial charge >= 0.3 is 5.97 Å². The minimum absolute atomic E-state index is 0.174. The summed E-state index contributed by atoms with van der Waals surface area (Å²) >= 11 is 0. The van der Waals surface area contributed by atoms with E-state index in [1.807, 2.05) is 20.8 Å². The van der Waals surface area contributed by atoms with Crippen LogP contribution in [-0.2, 0) is 19.1 Å². The summed E-state index contributed by atoms with van der Waals surface area (Å²) in [6.07, 6.45) is 2.94. The van der Waals surface area contributed by atoms with Gasteiger partial charge in [0, 0.05) is 13.5 Å². The SMILES string of the molecule is C=CCCC(=O)N[C@@H](C)C(=O)N(C)[C@@H](CC(C)(C)C)C(=O)OC(C)(C)C. The van der Waals surface area contributed by atoms with Gasteiger partial charge in [-0.25, -0.2) is 4.79 Å². The molecule has 1 N–H and O–H groups in total. The van der Waals surface area contributed by atoms with Crippen LogP contribution in [0, 0.1) is 5.41 Å². The van der Waals surface area contributed by atoms with Crippen LogP contribution >= 0.6 is 0 Å². The van der Waals surface area contributed by atoms with Crippen molar-refractivity contribution in [1.82, 2.24) is 10.2 Å². The van der Waals surface area contributed by atoms with E-state index >= 15 is 0 Å². The summed E-state index contributed by atoms with van der Waals surface area (Å²) in [4.78, 5) is 38.6. The fourth-order valence-electron chi connectivity index (χ4n) is 2.40. The zero-order valence-corrected chi connectivity index (χ0v) is 17.6. The lowest BCUT2D eigenvalue weighted by Gasteiger charge is -2.34. The van der Waals surface area contributed by atoms with Gasteiger partial charge in [-0.15, -0.1) is 6.58 Å². The molecule has 0 spiro atoms. The summed E-state index contributed by atoms with van der Waals surface area (Å²) in [5.41, 5.74) is -0.811. The zero-order chi connectivity index (χ0) is 20.7. The molecule has 6 nitrogen and oxygen atoms in total. The van der Waals surface area contributed by atoms with E-state index in [1.165, 1.54) is 4.90 Å². The van der Waals surface area contributed by atoms with E-state index < -0.39 is 23.7 Å². The van der Waals surface area contributed by atoms with Crippen molar-refractivity contribution < 1.29 is 19.1 Å². The molecule has 2 amide bonds. The van der Waals surface area contributed by atoms with Crippen molar-refractivity contribution in [3.05, 3.63) is 12.7 Å². The summed E-state index contributed by atoms with van der Waals surface area (Å²) in [5.74, 6) is -0.977. The number of hydrogen-bond donors (Lipinski definition) is 1. The van der Waals surface area contributed by atoms with Crippen LogP contribution < -0.4 is 5.32 Å². The molecule has 6 heteroatoms. The first kappa shape index (κ1) is 24.1. The van der Waals surface area contributed by atoms with Gasteiger partial charge in [-0.1, -0.05) is 26.8 Å². The van der Waals surface area contributed by atoms with Crippen LogP contribution in [0.3, 0.4) is 0 Å². The quantitative estimate of drug-likeness (QED) is 0.528. The van der Waals surface area contributed by atoms with Gasteiger partial charge < -0.3 is 15.0 Å². The predicted molar refractivity (Wildman–Crippen MR) is 104 cm³/mol. The normalized spacial score (nSPS) is 14.2. The number of amides is 2. The zero-order valence-electron chi connectivity index (χ0n) is 17.6. The number of ether oxygens (including phenoxy) is 1. The van der Waals surface area contributed by atoms with Crippen LogP contribution in [0.15, 0.2) is 12.7 Å². The third kappa shape index (κ3) is 9.59. The Labute approximate surface area is 158 Å². The highest BCUT2D eigenvalue weighted by Gasteiger charge is 2.35. The molecule has 0 bridgehead atoms. The summed E-state index contributed by atoms with van der Waals surface area (Å²) in [6.45, 7) is 16.6. The van der Waals surface area contributed by atoms with Crippen molar-refractivity contribution in [1.29, 1.82) is 0 Å². The lowest BCUT2D eigenvalue weighted by molar-refractivity contribution is -0.165. The summed E-state index contributed by atoms with van der Waals surface area (Å²) < 4.78 is 5.50. The van der Waals surface area contributed by atoms with E-state index in [1.54, 1.807) is 40.8 Å². The maximum atomic E-state index is 12.7. The number of likely N-dealkylation sites (N-methyl/N-ethyl adjacent to an activating group) is 1. The van der Waals surface area contributed by atoms with Gasteiger partial charge in [-0.2, -0.15) is 0 Å². The van der Waals surface area contributed by atoms with E-state index in [-0.39, 0.29) is 23.7 Å². The Morgan fingerprint density at radius 3 is 2.12 bits per heavy atom. The standard InChI is InChI=1S/C20H36N2O4/c1-10-11-12-16(23)21-14(2)17(24)22(9)15(13-19(3,4)5)18(25)26-20(6,7)8/h10,14-15H,1,11-13H2,2-9H3,(H,21,23)/t14-,15-/m0/s1. The number of esters is 1. The molecule has 0 aliphatic rings. The van der Waals surface area contributed by atoms with E-state index in [0.717, 1.165) is 0 Å². The highest BCUT2D eigenvalue weighted by molar-refractivity contribution is 5.90. The Morgan fingerprint density at radius 1 is 1.15 bits per heavy atom. The number of nitrogens with one attached hydrogen (secondary N) is 1. The molecule has 150 valence electrons. The van der Waals surface area contributed by atoms with Crippen LogP contribution in [0.5, 0.6) is 0 Å². The molecule has 0 saturated carbocycles. The molecular formula is C20H36N2O4. The highest BCUT2D eigenvalue weighted by atomic mass is 16.6. The number of rotatable bonds is 8. The van der Waals surface area contributed by atoms with Gasteiger partial charge in [0.15, 0.2) is 0 Å². The molecule has 2 atom stereocenters. The molecule has 0 heterocycles. The van der Waals surface area contributed by atoms with E-state index in [4.69, 9.17) is 4.74 Å². The summed E-state index contributed by atoms with van der Waals surface area (Å²) in [7, 11) is 1.58. The maximum Gasteiger partial charge on any atom is 0.329 e. The summed E-state index contributed by atoms with van der Waals surface area (Å²) in [6, 6.07) is -1.43. The first-order valence-electron chi connectivity index (χ1n) is 9.07. The van der Waals surface area contributed by atoms with Crippen LogP contribution in [0.1, 0.15) is 67.7 Å². The van der Waals surface area contributed by atoms with E-state index in [2.05, 4.69) is 11.9 Å². The lowest BCUT2D eigenvalue weighted by atomic mass is 9.87. The Kier molecular flexibility index (Phi) is 9.05. The average Bonchev–Trinajstić information content (AvgIpc) is 2.46. The molecule has 0 saturated heterocycles. The Balaban J connectivity index is 5.22. The molecule has 0 aliphatic heterocycles. The maximum absolute atomic E-state index is 12.7. The van der Waals surface area contributed by atoms with Gasteiger partial charge in [-0.05, 0) is 46.0 Å². The molecule has 0 unspecified atom stereocenters. The second-order valence-corrected chi connectivity index (χ2v) is 8.88. The molecule has 26 heavy (non-hydrogen) atoms. The highest BCUT2D eigenvalue weighted by Crippen LogP contribution is 2.25. The number of hydrogen-bond acceptors (Lipinski definition) is 4. The van der Waals surface area contributed by atoms with Crippen LogP contribution in [0.25, 0.3) is 0 Å². The molecule has 0 rings (SSSR count). The Bertz CT molecular complexity index is 515. The predicted octanol–water partition coefficient (Wildman–Crippen LogP) is 3.06. The van der Waals surface area contributed by atoms with Gasteiger partial charge in [0.1, 0.15) is 17.7 Å². The third-order valence-electron chi connectivity index (χ3n) is 3.62. The lowest BCUT2D eigenvalue weighted by Crippen LogP contribution is -2.53. The number of carbonyl (C=O) groups excluding carboxylic acids is 3. The minimum atomic E-state index is -0.720. The first-order valence-corrected chi connectivity index (χ1v) is 9.07. The Morgan fingerprint density at radius 2 is 1.69 bits per heavy atom. The minimum Gasteiger partial charge on any atom is -0.458 e. The van der Waals surface area contributed by atoms with E-state index in [9.17, 15) is 14.4 Å². The first-order chi connectivity index (χ1) is 11.7. The van der Waals surface area contributed by atoms with Gasteiger partial charge in [0.05, 0.1) is 0 Å². The van der Waals surface area contributed by atoms with Crippen LogP contribution in [0.2, 0.25) is 0 Å². The van der Waals surface area contributed by atoms with Crippen molar-refractivity contribution in [3.63, 3.8) is 0 Å². The van der Waals surface area contributed by atoms with Gasteiger partial charge in [0.25, 0.3) is 0 Å². The molecule has 0 radical (unpaired) electrons. The monoisotopic (exact) mass is 368 g/mol. The molecule has 0 aromatic heterocycles. The van der Waals surface area contributed by atoms with Gasteiger partial charge in [0.2, 0.25) is 11.8 Å². The average molecular weight is 369 g/mol. The van der Waals surface area contributed by atoms with Crippen molar-refractivity contribution in [2.45, 2.75) is 85.4 Å². The van der Waals surface area contributed by atoms with Crippen molar-refractivity contribution in [2.75, 3.05) is 7.05 Å². The Hall–Kier alpha value is -1.85. The third-order valence-corrected chi connectivity index (χ3v) is 3.62.